The van der Waals surface area contributed by atoms with Crippen LogP contribution in [0.2, 0.25) is 0 Å². The van der Waals surface area contributed by atoms with Gasteiger partial charge in [0.15, 0.2) is 0 Å². The molecule has 0 amide bonds. The Labute approximate surface area is 102 Å². The number of nitrogens with one attached hydrogen (secondary N) is 1. The van der Waals surface area contributed by atoms with Gasteiger partial charge in [-0.25, -0.2) is 17.5 Å². The quantitative estimate of drug-likeness (QED) is 0.883. The average Bonchev–Trinajstić information content (AvgIpc) is 2.27. The van der Waals surface area contributed by atoms with Crippen LogP contribution in [0, 0.1) is 11.7 Å². The lowest BCUT2D eigenvalue weighted by molar-refractivity contribution is 0.432. The van der Waals surface area contributed by atoms with Crippen molar-refractivity contribution in [1.29, 1.82) is 0 Å². The van der Waals surface area contributed by atoms with Crippen LogP contribution in [0.1, 0.15) is 27.2 Å². The first kappa shape index (κ1) is 14.1. The highest BCUT2D eigenvalue weighted by Gasteiger charge is 2.22. The molecule has 0 heterocycles. The van der Waals surface area contributed by atoms with Gasteiger partial charge in [0.2, 0.25) is 10.0 Å². The molecule has 0 saturated heterocycles. The van der Waals surface area contributed by atoms with Crippen molar-refractivity contribution in [3.8, 4) is 0 Å². The van der Waals surface area contributed by atoms with E-state index < -0.39 is 15.8 Å². The van der Waals surface area contributed by atoms with Crippen molar-refractivity contribution in [3.05, 3.63) is 30.1 Å². The molecule has 0 aliphatic rings. The number of rotatable bonds is 5. The monoisotopic (exact) mass is 259 g/mol. The summed E-state index contributed by atoms with van der Waals surface area (Å²) in [5.74, 6) is -0.520. The normalized spacial score (nSPS) is 15.5. The zero-order valence-corrected chi connectivity index (χ0v) is 11.1. The van der Waals surface area contributed by atoms with Crippen molar-refractivity contribution < 1.29 is 12.8 Å². The van der Waals surface area contributed by atoms with Gasteiger partial charge in [-0.15, -0.1) is 0 Å². The van der Waals surface area contributed by atoms with E-state index in [-0.39, 0.29) is 16.9 Å². The van der Waals surface area contributed by atoms with Crippen molar-refractivity contribution in [2.24, 2.45) is 5.92 Å². The summed E-state index contributed by atoms with van der Waals surface area (Å²) in [6, 6.07) is 5.16. The summed E-state index contributed by atoms with van der Waals surface area (Å²) in [5.41, 5.74) is 0. The predicted octanol–water partition coefficient (Wildman–Crippen LogP) is 2.54. The maximum Gasteiger partial charge on any atom is 0.243 e. The van der Waals surface area contributed by atoms with Gasteiger partial charge in [-0.2, -0.15) is 0 Å². The minimum absolute atomic E-state index is 0.205. The molecule has 0 aromatic heterocycles. The van der Waals surface area contributed by atoms with Crippen LogP contribution in [0.5, 0.6) is 0 Å². The Balaban J connectivity index is 2.94. The Morgan fingerprint density at radius 1 is 1.29 bits per heavy atom. The molecular weight excluding hydrogens is 241 g/mol. The maximum atomic E-state index is 13.4. The van der Waals surface area contributed by atoms with Gasteiger partial charge in [0.05, 0.1) is 0 Å². The molecule has 0 radical (unpaired) electrons. The molecule has 1 rings (SSSR count). The van der Waals surface area contributed by atoms with Crippen molar-refractivity contribution in [2.45, 2.75) is 38.1 Å². The summed E-state index contributed by atoms with van der Waals surface area (Å²) in [6.07, 6.45) is 0.862. The van der Waals surface area contributed by atoms with Crippen LogP contribution in [-0.2, 0) is 10.0 Å². The Bertz CT molecular complexity index is 473. The van der Waals surface area contributed by atoms with E-state index in [2.05, 4.69) is 4.72 Å². The number of benzene rings is 1. The van der Waals surface area contributed by atoms with Gasteiger partial charge in [-0.05, 0) is 25.0 Å². The van der Waals surface area contributed by atoms with E-state index in [1.807, 2.05) is 13.8 Å². The molecule has 3 nitrogen and oxygen atoms in total. The number of hydrogen-bond acceptors (Lipinski definition) is 2. The fourth-order valence-corrected chi connectivity index (χ4v) is 2.87. The molecule has 5 heteroatoms. The highest BCUT2D eigenvalue weighted by Crippen LogP contribution is 2.16. The Hall–Kier alpha value is -0.940. The van der Waals surface area contributed by atoms with Gasteiger partial charge in [0.1, 0.15) is 10.7 Å². The van der Waals surface area contributed by atoms with Crippen LogP contribution in [0.4, 0.5) is 4.39 Å². The minimum Gasteiger partial charge on any atom is -0.208 e. The molecule has 2 atom stereocenters. The number of halogens is 1. The van der Waals surface area contributed by atoms with E-state index in [4.69, 9.17) is 0 Å². The molecule has 2 unspecified atom stereocenters. The molecule has 17 heavy (non-hydrogen) atoms. The smallest absolute Gasteiger partial charge is 0.208 e. The van der Waals surface area contributed by atoms with E-state index >= 15 is 0 Å². The molecule has 0 fully saturated rings. The highest BCUT2D eigenvalue weighted by atomic mass is 32.2. The molecule has 0 aliphatic carbocycles. The molecule has 0 spiro atoms. The van der Waals surface area contributed by atoms with Crippen molar-refractivity contribution in [1.82, 2.24) is 4.72 Å². The standard InChI is InChI=1S/C12H18FNO2S/c1-4-9(2)10(3)14-17(15,16)12-8-6-5-7-11(12)13/h5-10,14H,4H2,1-3H3. The molecule has 0 saturated carbocycles. The van der Waals surface area contributed by atoms with Crippen molar-refractivity contribution >= 4 is 10.0 Å². The third kappa shape index (κ3) is 3.51. The van der Waals surface area contributed by atoms with Crippen LogP contribution >= 0.6 is 0 Å². The summed E-state index contributed by atoms with van der Waals surface area (Å²) < 4.78 is 39.8. The maximum absolute atomic E-state index is 13.4. The highest BCUT2D eigenvalue weighted by molar-refractivity contribution is 7.89. The first-order valence-corrected chi connectivity index (χ1v) is 7.13. The molecule has 96 valence electrons. The average molecular weight is 259 g/mol. The van der Waals surface area contributed by atoms with Crippen LogP contribution in [0.25, 0.3) is 0 Å². The topological polar surface area (TPSA) is 46.2 Å². The van der Waals surface area contributed by atoms with E-state index in [9.17, 15) is 12.8 Å². The summed E-state index contributed by atoms with van der Waals surface area (Å²) >= 11 is 0. The Kier molecular flexibility index (Phi) is 4.65. The fraction of sp³-hybridized carbons (Fsp3) is 0.500. The number of hydrogen-bond donors (Lipinski definition) is 1. The third-order valence-electron chi connectivity index (χ3n) is 2.96. The zero-order chi connectivity index (χ0) is 13.1. The van der Waals surface area contributed by atoms with E-state index in [1.54, 1.807) is 6.92 Å². The Morgan fingerprint density at radius 3 is 2.41 bits per heavy atom. The van der Waals surface area contributed by atoms with Gasteiger partial charge in [0.25, 0.3) is 0 Å². The second-order valence-corrected chi connectivity index (χ2v) is 5.91. The molecule has 0 bridgehead atoms. The molecule has 1 aromatic carbocycles. The Morgan fingerprint density at radius 2 is 1.88 bits per heavy atom. The second kappa shape index (κ2) is 5.60. The van der Waals surface area contributed by atoms with Crippen molar-refractivity contribution in [3.63, 3.8) is 0 Å². The van der Waals surface area contributed by atoms with E-state index in [0.717, 1.165) is 12.5 Å². The lowest BCUT2D eigenvalue weighted by atomic mass is 10.0. The van der Waals surface area contributed by atoms with Crippen LogP contribution in [-0.4, -0.2) is 14.5 Å². The van der Waals surface area contributed by atoms with Crippen molar-refractivity contribution in [2.75, 3.05) is 0 Å². The van der Waals surface area contributed by atoms with Gasteiger partial charge >= 0.3 is 0 Å². The van der Waals surface area contributed by atoms with E-state index in [1.165, 1.54) is 18.2 Å². The van der Waals surface area contributed by atoms with Gasteiger partial charge < -0.3 is 0 Å². The van der Waals surface area contributed by atoms with E-state index in [0.29, 0.717) is 0 Å². The minimum atomic E-state index is -3.77. The third-order valence-corrected chi connectivity index (χ3v) is 4.56. The van der Waals surface area contributed by atoms with Crippen LogP contribution in [0.15, 0.2) is 29.2 Å². The van der Waals surface area contributed by atoms with Gasteiger partial charge in [0, 0.05) is 6.04 Å². The summed E-state index contributed by atoms with van der Waals surface area (Å²) in [5, 5.41) is 0. The first-order valence-electron chi connectivity index (χ1n) is 5.65. The number of sulfonamides is 1. The SMILES string of the molecule is CCC(C)C(C)NS(=O)(=O)c1ccccc1F. The molecule has 1 N–H and O–H groups in total. The lowest BCUT2D eigenvalue weighted by Gasteiger charge is -2.19. The summed E-state index contributed by atoms with van der Waals surface area (Å²) in [7, 11) is -3.77. The lowest BCUT2D eigenvalue weighted by Crippen LogP contribution is -2.37. The first-order chi connectivity index (χ1) is 7.88. The van der Waals surface area contributed by atoms with Crippen LogP contribution < -0.4 is 4.72 Å². The fourth-order valence-electron chi connectivity index (χ4n) is 1.44. The molecule has 1 aromatic rings. The van der Waals surface area contributed by atoms with Gasteiger partial charge in [-0.3, -0.25) is 0 Å². The molecule has 0 aliphatic heterocycles. The molecular formula is C12H18FNO2S. The largest absolute Gasteiger partial charge is 0.243 e. The second-order valence-electron chi connectivity index (χ2n) is 4.23. The zero-order valence-electron chi connectivity index (χ0n) is 10.3. The predicted molar refractivity (Wildman–Crippen MR) is 65.6 cm³/mol. The van der Waals surface area contributed by atoms with Crippen LogP contribution in [0.3, 0.4) is 0 Å². The summed E-state index contributed by atoms with van der Waals surface area (Å²) in [6.45, 7) is 5.72. The van der Waals surface area contributed by atoms with Gasteiger partial charge in [-0.1, -0.05) is 32.4 Å². The summed E-state index contributed by atoms with van der Waals surface area (Å²) in [4.78, 5) is -0.296.